The van der Waals surface area contributed by atoms with E-state index in [9.17, 15) is 38.1 Å². The van der Waals surface area contributed by atoms with Crippen molar-refractivity contribution in [2.24, 2.45) is 47.3 Å². The molecule has 4 aromatic heterocycles. The van der Waals surface area contributed by atoms with Crippen LogP contribution in [0.2, 0.25) is 0 Å². The fraction of sp³-hybridized carbons (Fsp3) is 0.453. The Morgan fingerprint density at radius 2 is 0.621 bits per heavy atom. The van der Waals surface area contributed by atoms with E-state index in [1.54, 1.807) is 77.6 Å². The number of aromatic nitrogens is 8. The lowest BCUT2D eigenvalue weighted by molar-refractivity contribution is 0.0604. The first kappa shape index (κ1) is 92.1. The largest absolute Gasteiger partial charge is 0.381 e. The van der Waals surface area contributed by atoms with Gasteiger partial charge in [-0.3, -0.25) is 35.9 Å². The summed E-state index contributed by atoms with van der Waals surface area (Å²) in [5.41, 5.74) is 9.47. The van der Waals surface area contributed by atoms with Crippen molar-refractivity contribution in [3.63, 3.8) is 0 Å². The summed E-state index contributed by atoms with van der Waals surface area (Å²) in [5, 5.41) is 21.5. The minimum absolute atomic E-state index is 0.103. The van der Waals surface area contributed by atoms with Crippen LogP contribution in [-0.4, -0.2) is 152 Å². The molecule has 29 heteroatoms. The van der Waals surface area contributed by atoms with Gasteiger partial charge in [-0.05, 0) is 258 Å². The van der Waals surface area contributed by atoms with Gasteiger partial charge in [-0.15, -0.1) is 0 Å². The average molecular weight is 1770 g/mol. The van der Waals surface area contributed by atoms with E-state index in [2.05, 4.69) is 20.4 Å². The van der Waals surface area contributed by atoms with Gasteiger partial charge < -0.3 is 18.9 Å². The van der Waals surface area contributed by atoms with Gasteiger partial charge in [0.05, 0.1) is 89.2 Å². The summed E-state index contributed by atoms with van der Waals surface area (Å²) in [6.45, 7) is 33.3. The van der Waals surface area contributed by atoms with E-state index >= 15 is 0 Å². The fourth-order valence-corrected chi connectivity index (χ4v) is 23.0. The molecule has 8 aromatic carbocycles. The molecular weight excluding hydrogens is 1650 g/mol. The van der Waals surface area contributed by atoms with Crippen LogP contribution in [-0.2, 0) is 85.2 Å². The number of aryl methyl sites for hydroxylation is 3. The Hall–Kier alpha value is -9.59. The molecule has 0 saturated carbocycles. The number of sulfonamides is 4. The molecule has 124 heavy (non-hydrogen) atoms. The number of nitrogens with zero attached hydrogens (tertiary/aromatic N) is 12. The van der Waals surface area contributed by atoms with Crippen LogP contribution in [0.5, 0.6) is 0 Å². The molecule has 0 aliphatic carbocycles. The summed E-state index contributed by atoms with van der Waals surface area (Å²) in [6, 6.07) is 49.7. The highest BCUT2D eigenvalue weighted by molar-refractivity contribution is 7.93. The number of halogens is 1. The molecule has 0 bridgehead atoms. The van der Waals surface area contributed by atoms with Gasteiger partial charge in [0.1, 0.15) is 5.82 Å². The minimum atomic E-state index is -3.81. The summed E-state index contributed by atoms with van der Waals surface area (Å²) in [7, 11) is -14.9. The van der Waals surface area contributed by atoms with Gasteiger partial charge >= 0.3 is 0 Å². The van der Waals surface area contributed by atoms with Gasteiger partial charge in [-0.1, -0.05) is 103 Å². The maximum atomic E-state index is 13.7. The zero-order chi connectivity index (χ0) is 88.0. The van der Waals surface area contributed by atoms with E-state index in [4.69, 9.17) is 18.9 Å². The number of anilines is 4. The highest BCUT2D eigenvalue weighted by atomic mass is 32.2. The molecule has 0 amide bonds. The van der Waals surface area contributed by atoms with Gasteiger partial charge in [-0.2, -0.15) is 20.4 Å². The lowest BCUT2D eigenvalue weighted by Gasteiger charge is -2.27. The molecule has 8 heterocycles. The molecule has 4 aliphatic heterocycles. The Morgan fingerprint density at radius 3 is 0.927 bits per heavy atom. The monoisotopic (exact) mass is 1770 g/mol. The molecule has 0 radical (unpaired) electrons. The van der Waals surface area contributed by atoms with Crippen molar-refractivity contribution in [1.82, 2.24) is 39.1 Å². The molecule has 0 unspecified atom stereocenters. The standard InChI is InChI=1S/3C24H31N3O3S.C23H28FN3O3S/c1-18(2)16-27(22-6-4-19(3)5-7-22)31(28,29)23-8-9-24-21(14-23)15-25-26(24)17-20-10-12-30-13-11-20;1-18(2)16-27(22-6-4-5-19(3)13-22)31(28,29)23-7-8-24-21(14-23)15-25-26(24)17-20-9-11-30-12-10-20;1-18(2)16-27(23-7-5-4-6-19(23)3)31(28,29)22-8-9-24-21(14-22)15-25-26(24)17-20-10-12-30-13-11-20;1-17(2)15-27(21-5-3-20(24)4-6-21)31(28,29)22-7-8-23-19(13-22)14-25-26(23)16-18-9-11-30-12-10-18/h4-9,14-15,18,20H,10-13,16-17H2,1-3H3;4-8,13-15,18,20H,9-12,16-17H2,1-3H3;4-9,14-15,18,20H,10-13,16-17H2,1-3H3;3-8,13-14,17-18H,9-12,15-16H2,1-2H3. The number of para-hydroxylation sites is 1. The summed E-state index contributed by atoms with van der Waals surface area (Å²) in [4.78, 5) is 1.10. The smallest absolute Gasteiger partial charge is 0.264 e. The van der Waals surface area contributed by atoms with Crippen LogP contribution >= 0.6 is 0 Å². The average Bonchev–Trinajstić information content (AvgIpc) is 1.45. The van der Waals surface area contributed by atoms with Crippen LogP contribution in [0.4, 0.5) is 27.1 Å². The Labute approximate surface area is 731 Å². The predicted molar refractivity (Wildman–Crippen MR) is 491 cm³/mol. The maximum absolute atomic E-state index is 13.7. The summed E-state index contributed by atoms with van der Waals surface area (Å²) < 4.78 is 158. The molecule has 4 fully saturated rings. The SMILES string of the molecule is CC(C)CN(c1ccc(F)cc1)S(=O)(=O)c1ccc2c(cnn2CC2CCOCC2)c1.Cc1ccc(N(CC(C)C)S(=O)(=O)c2ccc3c(cnn3CC3CCOCC3)c2)cc1.Cc1cccc(N(CC(C)C)S(=O)(=O)c2ccc3c(cnn3CC3CCOCC3)c2)c1.Cc1ccccc1N(CC(C)C)S(=O)(=O)c1ccc2c(cnn2CC2CCOCC2)c1. The highest BCUT2D eigenvalue weighted by Crippen LogP contribution is 2.36. The number of rotatable bonds is 28. The Balaban J connectivity index is 0.000000142. The second-order valence-electron chi connectivity index (χ2n) is 35.1. The topological polar surface area (TPSA) is 258 Å². The second kappa shape index (κ2) is 41.2. The zero-order valence-corrected chi connectivity index (χ0v) is 76.6. The van der Waals surface area contributed by atoms with Crippen LogP contribution in [0.3, 0.4) is 0 Å². The molecule has 4 saturated heterocycles. The van der Waals surface area contributed by atoms with Crippen molar-refractivity contribution in [2.75, 3.05) is 96.3 Å². The Morgan fingerprint density at radius 1 is 0.331 bits per heavy atom. The molecule has 16 rings (SSSR count). The first-order valence-electron chi connectivity index (χ1n) is 43.6. The normalized spacial score (nSPS) is 15.6. The third kappa shape index (κ3) is 22.8. The van der Waals surface area contributed by atoms with Crippen molar-refractivity contribution in [2.45, 2.75) is 173 Å². The van der Waals surface area contributed by atoms with Gasteiger partial charge in [0.15, 0.2) is 0 Å². The number of benzene rings is 8. The highest BCUT2D eigenvalue weighted by Gasteiger charge is 2.33. The fourth-order valence-electron chi connectivity index (χ4n) is 16.3. The van der Waals surface area contributed by atoms with Crippen molar-refractivity contribution in [3.8, 4) is 0 Å². The van der Waals surface area contributed by atoms with E-state index < -0.39 is 45.9 Å². The first-order valence-corrected chi connectivity index (χ1v) is 49.3. The second-order valence-corrected chi connectivity index (χ2v) is 42.5. The van der Waals surface area contributed by atoms with Gasteiger partial charge in [0.25, 0.3) is 40.1 Å². The van der Waals surface area contributed by atoms with E-state index in [1.165, 1.54) is 37.2 Å². The molecule has 0 N–H and O–H groups in total. The van der Waals surface area contributed by atoms with Crippen LogP contribution in [0.25, 0.3) is 43.6 Å². The molecule has 0 atom stereocenters. The van der Waals surface area contributed by atoms with E-state index in [1.807, 2.05) is 192 Å². The predicted octanol–water partition coefficient (Wildman–Crippen LogP) is 18.3. The summed E-state index contributed by atoms with van der Waals surface area (Å²) in [6.07, 6.45) is 15.3. The van der Waals surface area contributed by atoms with Crippen molar-refractivity contribution in [3.05, 3.63) is 217 Å². The number of hydrogen-bond donors (Lipinski definition) is 0. The third-order valence-electron chi connectivity index (χ3n) is 23.1. The van der Waals surface area contributed by atoms with Gasteiger partial charge in [0, 0.05) is 127 Å². The zero-order valence-electron chi connectivity index (χ0n) is 73.3. The van der Waals surface area contributed by atoms with Gasteiger partial charge in [0.2, 0.25) is 0 Å². The molecular formula is C95H121FN12O12S4. The van der Waals surface area contributed by atoms with Crippen LogP contribution in [0.15, 0.2) is 214 Å². The molecule has 12 aromatic rings. The van der Waals surface area contributed by atoms with Crippen molar-refractivity contribution >= 4 is 106 Å². The number of hydrogen-bond acceptors (Lipinski definition) is 16. The molecule has 0 spiro atoms. The minimum Gasteiger partial charge on any atom is -0.381 e. The van der Waals surface area contributed by atoms with Crippen LogP contribution < -0.4 is 17.2 Å². The molecule has 664 valence electrons. The third-order valence-corrected chi connectivity index (χ3v) is 30.3. The lowest BCUT2D eigenvalue weighted by Crippen LogP contribution is -2.34. The number of ether oxygens (including phenoxy) is 4. The Bertz CT molecular complexity index is 5850. The maximum Gasteiger partial charge on any atom is 0.264 e. The first-order chi connectivity index (χ1) is 59.4. The van der Waals surface area contributed by atoms with E-state index in [0.717, 1.165) is 196 Å². The van der Waals surface area contributed by atoms with Gasteiger partial charge in [-0.25, -0.2) is 38.1 Å². The van der Waals surface area contributed by atoms with E-state index in [-0.39, 0.29) is 28.6 Å². The van der Waals surface area contributed by atoms with E-state index in [0.29, 0.717) is 81.6 Å². The Kier molecular flexibility index (Phi) is 30.6. The van der Waals surface area contributed by atoms with Crippen molar-refractivity contribution < 1.29 is 57.0 Å². The summed E-state index contributed by atoms with van der Waals surface area (Å²) >= 11 is 0. The molecule has 4 aliphatic rings. The number of fused-ring (bicyclic) bond motifs is 4. The van der Waals surface area contributed by atoms with Crippen molar-refractivity contribution in [1.29, 1.82) is 0 Å². The summed E-state index contributed by atoms with van der Waals surface area (Å²) in [5.74, 6) is 2.44. The van der Waals surface area contributed by atoms with Crippen LogP contribution in [0, 0.1) is 73.9 Å². The molecule has 24 nitrogen and oxygen atoms in total. The quantitative estimate of drug-likeness (QED) is 0.0441. The van der Waals surface area contributed by atoms with Crippen LogP contribution in [0.1, 0.15) is 123 Å². The lowest BCUT2D eigenvalue weighted by atomic mass is 10.0.